The Morgan fingerprint density at radius 2 is 2.24 bits per heavy atom. The third-order valence-corrected chi connectivity index (χ3v) is 6.15. The summed E-state index contributed by atoms with van der Waals surface area (Å²) in [4.78, 5) is 8.04. The van der Waals surface area contributed by atoms with Crippen LogP contribution in [-0.2, 0) is 20.1 Å². The Kier molecular flexibility index (Phi) is 4.78. The largest absolute Gasteiger partial charge is 0.307 e. The molecule has 4 heterocycles. The summed E-state index contributed by atoms with van der Waals surface area (Å²) in [6.45, 7) is 1.80. The minimum atomic E-state index is 0.401. The van der Waals surface area contributed by atoms with Crippen LogP contribution >= 0.6 is 23.6 Å². The normalized spacial score (nSPS) is 18.0. The van der Waals surface area contributed by atoms with Gasteiger partial charge in [0.15, 0.2) is 4.77 Å². The molecule has 4 rings (SSSR count). The molecule has 1 aliphatic rings. The van der Waals surface area contributed by atoms with Crippen molar-refractivity contribution in [3.05, 3.63) is 63.1 Å². The molecule has 7 heteroatoms. The number of hydrogen-bond donors (Lipinski definition) is 0. The van der Waals surface area contributed by atoms with Crippen molar-refractivity contribution in [3.63, 3.8) is 0 Å². The highest BCUT2D eigenvalue weighted by molar-refractivity contribution is 7.71. The Hall–Kier alpha value is -1.83. The first kappa shape index (κ1) is 16.6. The van der Waals surface area contributed by atoms with Crippen molar-refractivity contribution in [1.82, 2.24) is 24.2 Å². The maximum Gasteiger partial charge on any atom is 0.198 e. The number of nitrogens with zero attached hydrogens (tertiary/aromatic N) is 5. The van der Waals surface area contributed by atoms with Gasteiger partial charge in [-0.15, -0.1) is 11.3 Å². The first-order valence-electron chi connectivity index (χ1n) is 8.51. The maximum atomic E-state index is 5.63. The first-order valence-corrected chi connectivity index (χ1v) is 9.80. The van der Waals surface area contributed by atoms with Gasteiger partial charge in [-0.1, -0.05) is 12.1 Å². The number of pyridine rings is 1. The molecule has 5 nitrogen and oxygen atoms in total. The zero-order valence-corrected chi connectivity index (χ0v) is 15.8. The summed E-state index contributed by atoms with van der Waals surface area (Å²) >= 11 is 7.39. The van der Waals surface area contributed by atoms with Crippen LogP contribution in [0, 0.1) is 4.77 Å². The molecule has 1 saturated heterocycles. The third kappa shape index (κ3) is 3.44. The van der Waals surface area contributed by atoms with Gasteiger partial charge in [0.25, 0.3) is 0 Å². The minimum Gasteiger partial charge on any atom is -0.307 e. The molecule has 1 unspecified atom stereocenters. The van der Waals surface area contributed by atoms with Crippen LogP contribution in [0.1, 0.15) is 35.1 Å². The average Bonchev–Trinajstić information content (AvgIpc) is 3.36. The Morgan fingerprint density at radius 1 is 1.32 bits per heavy atom. The zero-order valence-electron chi connectivity index (χ0n) is 14.2. The van der Waals surface area contributed by atoms with Gasteiger partial charge in [0.2, 0.25) is 0 Å². The van der Waals surface area contributed by atoms with E-state index in [-0.39, 0.29) is 0 Å². The van der Waals surface area contributed by atoms with E-state index in [0.717, 1.165) is 36.7 Å². The minimum absolute atomic E-state index is 0.401. The standard InChI is InChI=1S/C18H21N5S2/c1-21-17(11-15-6-4-10-25-15)20-23(18(21)24)13-22-9-3-7-16(22)14-5-2-8-19-12-14/h2,4-6,8,10,12,16H,3,7,9,11,13H2,1H3. The fourth-order valence-corrected chi connectivity index (χ4v) is 4.37. The fourth-order valence-electron chi connectivity index (χ4n) is 3.47. The SMILES string of the molecule is Cn1c(Cc2cccs2)nn(CN2CCCC2c2cccnc2)c1=S. The van der Waals surface area contributed by atoms with E-state index in [4.69, 9.17) is 17.3 Å². The molecule has 0 saturated carbocycles. The van der Waals surface area contributed by atoms with E-state index >= 15 is 0 Å². The van der Waals surface area contributed by atoms with Gasteiger partial charge in [0.05, 0.1) is 6.67 Å². The van der Waals surface area contributed by atoms with Gasteiger partial charge in [-0.25, -0.2) is 4.68 Å². The van der Waals surface area contributed by atoms with E-state index in [2.05, 4.69) is 33.5 Å². The Labute approximate surface area is 156 Å². The van der Waals surface area contributed by atoms with E-state index in [1.54, 1.807) is 11.3 Å². The molecule has 0 aliphatic carbocycles. The lowest BCUT2D eigenvalue weighted by Crippen LogP contribution is -2.27. The molecule has 3 aromatic heterocycles. The van der Waals surface area contributed by atoms with Gasteiger partial charge in [0.1, 0.15) is 5.82 Å². The second kappa shape index (κ2) is 7.19. The van der Waals surface area contributed by atoms with Crippen LogP contribution in [-0.4, -0.2) is 30.8 Å². The summed E-state index contributed by atoms with van der Waals surface area (Å²) in [6, 6.07) is 8.80. The molecule has 0 radical (unpaired) electrons. The lowest BCUT2D eigenvalue weighted by Gasteiger charge is -2.24. The van der Waals surface area contributed by atoms with Crippen molar-refractivity contribution >= 4 is 23.6 Å². The van der Waals surface area contributed by atoms with Crippen LogP contribution in [0.25, 0.3) is 0 Å². The topological polar surface area (TPSA) is 38.9 Å². The van der Waals surface area contributed by atoms with Crippen LogP contribution in [0.3, 0.4) is 0 Å². The van der Waals surface area contributed by atoms with Crippen LogP contribution < -0.4 is 0 Å². The molecule has 1 atom stereocenters. The van der Waals surface area contributed by atoms with E-state index in [1.807, 2.05) is 34.8 Å². The number of rotatable bonds is 5. The van der Waals surface area contributed by atoms with Crippen LogP contribution in [0.15, 0.2) is 42.0 Å². The number of likely N-dealkylation sites (tertiary alicyclic amines) is 1. The molecule has 3 aromatic rings. The summed E-state index contributed by atoms with van der Waals surface area (Å²) in [7, 11) is 2.01. The van der Waals surface area contributed by atoms with E-state index in [1.165, 1.54) is 16.9 Å². The molecule has 0 N–H and O–H groups in total. The monoisotopic (exact) mass is 371 g/mol. The predicted molar refractivity (Wildman–Crippen MR) is 102 cm³/mol. The molecule has 1 fully saturated rings. The van der Waals surface area contributed by atoms with Gasteiger partial charge in [-0.3, -0.25) is 9.88 Å². The van der Waals surface area contributed by atoms with E-state index < -0.39 is 0 Å². The summed E-state index contributed by atoms with van der Waals surface area (Å²) in [6.07, 6.45) is 6.99. The highest BCUT2D eigenvalue weighted by Gasteiger charge is 2.27. The smallest absolute Gasteiger partial charge is 0.198 e. The van der Waals surface area contributed by atoms with Crippen molar-refractivity contribution in [2.24, 2.45) is 7.05 Å². The maximum absolute atomic E-state index is 5.63. The van der Waals surface area contributed by atoms with E-state index in [9.17, 15) is 0 Å². The van der Waals surface area contributed by atoms with Gasteiger partial charge in [-0.2, -0.15) is 5.10 Å². The average molecular weight is 372 g/mol. The van der Waals surface area contributed by atoms with Crippen LogP contribution in [0.5, 0.6) is 0 Å². The zero-order chi connectivity index (χ0) is 17.2. The first-order chi connectivity index (χ1) is 12.2. The highest BCUT2D eigenvalue weighted by Crippen LogP contribution is 2.31. The number of hydrogen-bond acceptors (Lipinski definition) is 5. The molecule has 0 bridgehead atoms. The van der Waals surface area contributed by atoms with E-state index in [0.29, 0.717) is 6.04 Å². The van der Waals surface area contributed by atoms with Crippen molar-refractivity contribution in [2.75, 3.05) is 6.54 Å². The van der Waals surface area contributed by atoms with Crippen molar-refractivity contribution in [2.45, 2.75) is 32.0 Å². The van der Waals surface area contributed by atoms with Gasteiger partial charge in [0, 0.05) is 43.3 Å². The van der Waals surface area contributed by atoms with Gasteiger partial charge >= 0.3 is 0 Å². The van der Waals surface area contributed by atoms with Gasteiger partial charge in [-0.05, 0) is 48.1 Å². The summed E-state index contributed by atoms with van der Waals surface area (Å²) in [5.41, 5.74) is 1.28. The fraction of sp³-hybridized carbons (Fsp3) is 0.389. The van der Waals surface area contributed by atoms with Gasteiger partial charge < -0.3 is 4.57 Å². The molecule has 0 spiro atoms. The quantitative estimate of drug-likeness (QED) is 0.640. The second-order valence-corrected chi connectivity index (χ2v) is 7.81. The highest BCUT2D eigenvalue weighted by atomic mass is 32.1. The van der Waals surface area contributed by atoms with Crippen molar-refractivity contribution < 1.29 is 0 Å². The molecule has 25 heavy (non-hydrogen) atoms. The van der Waals surface area contributed by atoms with Crippen LogP contribution in [0.2, 0.25) is 0 Å². The summed E-state index contributed by atoms with van der Waals surface area (Å²) < 4.78 is 4.78. The molecule has 1 aliphatic heterocycles. The molecule has 130 valence electrons. The van der Waals surface area contributed by atoms with Crippen molar-refractivity contribution in [1.29, 1.82) is 0 Å². The van der Waals surface area contributed by atoms with Crippen molar-refractivity contribution in [3.8, 4) is 0 Å². The molecular formula is C18H21N5S2. The molecule has 0 aromatic carbocycles. The summed E-state index contributed by atoms with van der Waals surface area (Å²) in [5, 5.41) is 6.90. The lowest BCUT2D eigenvalue weighted by atomic mass is 10.1. The Bertz CT molecular complexity index is 882. The predicted octanol–water partition coefficient (Wildman–Crippen LogP) is 3.79. The Balaban J connectivity index is 1.55. The number of thiophene rings is 1. The lowest BCUT2D eigenvalue weighted by molar-refractivity contribution is 0.189. The van der Waals surface area contributed by atoms with Crippen LogP contribution in [0.4, 0.5) is 0 Å². The number of aromatic nitrogens is 4. The Morgan fingerprint density at radius 3 is 3.00 bits per heavy atom. The molecule has 0 amide bonds. The second-order valence-electron chi connectivity index (χ2n) is 6.41. The summed E-state index contributed by atoms with van der Waals surface area (Å²) in [5.74, 6) is 1.02. The third-order valence-electron chi connectivity index (χ3n) is 4.79. The molecular weight excluding hydrogens is 350 g/mol.